The summed E-state index contributed by atoms with van der Waals surface area (Å²) in [5.74, 6) is 0.434. The first-order chi connectivity index (χ1) is 7.19. The van der Waals surface area contributed by atoms with E-state index in [1.165, 1.54) is 7.11 Å². The Bertz CT molecular complexity index is 314. The fourth-order valence-corrected chi connectivity index (χ4v) is 1.27. The van der Waals surface area contributed by atoms with Crippen LogP contribution in [0.4, 0.5) is 0 Å². The van der Waals surface area contributed by atoms with Gasteiger partial charge in [0, 0.05) is 12.6 Å². The summed E-state index contributed by atoms with van der Waals surface area (Å²) in [6, 6.07) is 5.32. The highest BCUT2D eigenvalue weighted by Crippen LogP contribution is 2.11. The van der Waals surface area contributed by atoms with Crippen LogP contribution in [0.1, 0.15) is 12.5 Å². The first-order valence-electron chi connectivity index (χ1n) is 4.79. The third-order valence-electron chi connectivity index (χ3n) is 2.09. The van der Waals surface area contributed by atoms with Gasteiger partial charge < -0.3 is 19.5 Å². The van der Waals surface area contributed by atoms with Gasteiger partial charge in [-0.25, -0.2) is 0 Å². The van der Waals surface area contributed by atoms with Crippen molar-refractivity contribution in [1.29, 1.82) is 0 Å². The van der Waals surface area contributed by atoms with Gasteiger partial charge in [0.25, 0.3) is 0 Å². The van der Waals surface area contributed by atoms with Crippen LogP contribution in [-0.4, -0.2) is 31.1 Å². The minimum absolute atomic E-state index is 0.0885. The number of rotatable bonds is 5. The average molecular weight is 210 g/mol. The normalized spacial score (nSPS) is 10.1. The highest BCUT2D eigenvalue weighted by Gasteiger charge is 2.17. The molecule has 4 nitrogen and oxygen atoms in total. The highest BCUT2D eigenvalue weighted by molar-refractivity contribution is 6.59. The standard InChI is InChI=1S/C10H15BO4/c1-3-8-4-5-10(15-7-14-2)9(6-8)11(12)13/h4-6,12-13H,3,7H2,1-2H3. The van der Waals surface area contributed by atoms with Gasteiger partial charge in [-0.1, -0.05) is 19.1 Å². The first kappa shape index (κ1) is 12.0. The highest BCUT2D eigenvalue weighted by atomic mass is 16.7. The van der Waals surface area contributed by atoms with Crippen LogP contribution >= 0.6 is 0 Å². The van der Waals surface area contributed by atoms with E-state index in [4.69, 9.17) is 19.5 Å². The van der Waals surface area contributed by atoms with Gasteiger partial charge in [-0.3, -0.25) is 0 Å². The van der Waals surface area contributed by atoms with Crippen LogP contribution < -0.4 is 10.2 Å². The van der Waals surface area contributed by atoms with Crippen LogP contribution in [-0.2, 0) is 11.2 Å². The van der Waals surface area contributed by atoms with Crippen LogP contribution in [0.2, 0.25) is 0 Å². The van der Waals surface area contributed by atoms with E-state index in [1.54, 1.807) is 12.1 Å². The molecule has 0 amide bonds. The summed E-state index contributed by atoms with van der Waals surface area (Å²) >= 11 is 0. The fourth-order valence-electron chi connectivity index (χ4n) is 1.27. The van der Waals surface area contributed by atoms with Crippen LogP contribution in [0, 0.1) is 0 Å². The molecule has 0 aliphatic heterocycles. The number of benzene rings is 1. The molecule has 0 atom stereocenters. The summed E-state index contributed by atoms with van der Waals surface area (Å²) in [7, 11) is -0.0153. The van der Waals surface area contributed by atoms with E-state index < -0.39 is 7.12 Å². The summed E-state index contributed by atoms with van der Waals surface area (Å²) in [6.45, 7) is 2.09. The number of methoxy groups -OCH3 is 1. The molecular weight excluding hydrogens is 195 g/mol. The van der Waals surface area contributed by atoms with E-state index >= 15 is 0 Å². The molecule has 0 spiro atoms. The molecule has 0 bridgehead atoms. The van der Waals surface area contributed by atoms with Crippen molar-refractivity contribution in [2.75, 3.05) is 13.9 Å². The Morgan fingerprint density at radius 3 is 2.60 bits per heavy atom. The second kappa shape index (κ2) is 5.75. The molecule has 5 heteroatoms. The largest absolute Gasteiger partial charge is 0.492 e. The Hall–Kier alpha value is -1.04. The smallest absolute Gasteiger partial charge is 0.468 e. The number of hydrogen-bond acceptors (Lipinski definition) is 4. The van der Waals surface area contributed by atoms with E-state index in [0.717, 1.165) is 12.0 Å². The Morgan fingerprint density at radius 2 is 2.07 bits per heavy atom. The molecule has 0 aliphatic carbocycles. The van der Waals surface area contributed by atoms with E-state index in [0.29, 0.717) is 11.2 Å². The van der Waals surface area contributed by atoms with E-state index in [9.17, 15) is 0 Å². The molecule has 2 N–H and O–H groups in total. The minimum atomic E-state index is -1.52. The summed E-state index contributed by atoms with van der Waals surface area (Å²) in [6.07, 6.45) is 0.838. The van der Waals surface area contributed by atoms with Crippen molar-refractivity contribution in [2.24, 2.45) is 0 Å². The maximum Gasteiger partial charge on any atom is 0.492 e. The molecule has 1 rings (SSSR count). The van der Waals surface area contributed by atoms with Crippen LogP contribution in [0.3, 0.4) is 0 Å². The molecule has 0 aromatic heterocycles. The predicted molar refractivity (Wildman–Crippen MR) is 58.1 cm³/mol. The minimum Gasteiger partial charge on any atom is -0.468 e. The van der Waals surface area contributed by atoms with Crippen LogP contribution in [0.15, 0.2) is 18.2 Å². The lowest BCUT2D eigenvalue weighted by Gasteiger charge is -2.11. The SMILES string of the molecule is CCc1ccc(OCOC)c(B(O)O)c1. The van der Waals surface area contributed by atoms with Gasteiger partial charge in [-0.15, -0.1) is 0 Å². The Kier molecular flexibility index (Phi) is 4.61. The molecule has 1 aromatic carbocycles. The van der Waals surface area contributed by atoms with Crippen molar-refractivity contribution in [1.82, 2.24) is 0 Å². The molecule has 0 unspecified atom stereocenters. The number of hydrogen-bond donors (Lipinski definition) is 2. The van der Waals surface area contributed by atoms with Crippen molar-refractivity contribution in [3.8, 4) is 5.75 Å². The van der Waals surface area contributed by atoms with Crippen molar-refractivity contribution < 1.29 is 19.5 Å². The third kappa shape index (κ3) is 3.23. The molecule has 15 heavy (non-hydrogen) atoms. The quantitative estimate of drug-likeness (QED) is 0.526. The summed E-state index contributed by atoms with van der Waals surface area (Å²) in [4.78, 5) is 0. The number of aryl methyl sites for hydroxylation is 1. The van der Waals surface area contributed by atoms with Crippen molar-refractivity contribution >= 4 is 12.6 Å². The second-order valence-electron chi connectivity index (χ2n) is 3.15. The van der Waals surface area contributed by atoms with E-state index in [1.807, 2.05) is 13.0 Å². The van der Waals surface area contributed by atoms with Gasteiger partial charge in [0.2, 0.25) is 0 Å². The second-order valence-corrected chi connectivity index (χ2v) is 3.15. The molecule has 0 saturated heterocycles. The molecule has 1 aromatic rings. The van der Waals surface area contributed by atoms with Gasteiger partial charge in [-0.2, -0.15) is 0 Å². The van der Waals surface area contributed by atoms with Crippen molar-refractivity contribution in [3.63, 3.8) is 0 Å². The maximum absolute atomic E-state index is 9.16. The van der Waals surface area contributed by atoms with Crippen LogP contribution in [0.25, 0.3) is 0 Å². The molecular formula is C10H15BO4. The van der Waals surface area contributed by atoms with Gasteiger partial charge in [0.1, 0.15) is 5.75 Å². The predicted octanol–water partition coefficient (Wildman–Crippen LogP) is -0.0885. The molecule has 0 fully saturated rings. The maximum atomic E-state index is 9.16. The zero-order valence-corrected chi connectivity index (χ0v) is 8.93. The molecule has 0 heterocycles. The topological polar surface area (TPSA) is 58.9 Å². The fraction of sp³-hybridized carbons (Fsp3) is 0.400. The van der Waals surface area contributed by atoms with Crippen molar-refractivity contribution in [3.05, 3.63) is 23.8 Å². The van der Waals surface area contributed by atoms with E-state index in [-0.39, 0.29) is 6.79 Å². The molecule has 0 saturated carbocycles. The van der Waals surface area contributed by atoms with Gasteiger partial charge in [0.05, 0.1) is 0 Å². The lowest BCUT2D eigenvalue weighted by atomic mass is 9.78. The molecule has 82 valence electrons. The lowest BCUT2D eigenvalue weighted by molar-refractivity contribution is 0.0517. The Balaban J connectivity index is 2.93. The first-order valence-corrected chi connectivity index (χ1v) is 4.79. The number of ether oxygens (including phenoxy) is 2. The Labute approximate surface area is 89.6 Å². The summed E-state index contributed by atoms with van der Waals surface area (Å²) in [5.41, 5.74) is 1.40. The van der Waals surface area contributed by atoms with Gasteiger partial charge in [-0.05, 0) is 18.1 Å². The average Bonchev–Trinajstić information content (AvgIpc) is 2.26. The van der Waals surface area contributed by atoms with E-state index in [2.05, 4.69) is 0 Å². The van der Waals surface area contributed by atoms with Gasteiger partial charge >= 0.3 is 7.12 Å². The summed E-state index contributed by atoms with van der Waals surface area (Å²) in [5, 5.41) is 18.3. The summed E-state index contributed by atoms with van der Waals surface area (Å²) < 4.78 is 9.96. The molecule has 0 aliphatic rings. The van der Waals surface area contributed by atoms with Crippen LogP contribution in [0.5, 0.6) is 5.75 Å². The monoisotopic (exact) mass is 210 g/mol. The zero-order valence-electron chi connectivity index (χ0n) is 8.93. The Morgan fingerprint density at radius 1 is 1.33 bits per heavy atom. The lowest BCUT2D eigenvalue weighted by Crippen LogP contribution is -2.32. The van der Waals surface area contributed by atoms with Gasteiger partial charge in [0.15, 0.2) is 6.79 Å². The molecule has 0 radical (unpaired) electrons. The zero-order chi connectivity index (χ0) is 11.3. The van der Waals surface area contributed by atoms with Crippen molar-refractivity contribution in [2.45, 2.75) is 13.3 Å². The third-order valence-corrected chi connectivity index (χ3v) is 2.09.